The first kappa shape index (κ1) is 10.7. The second-order valence-electron chi connectivity index (χ2n) is 3.11. The summed E-state index contributed by atoms with van der Waals surface area (Å²) in [7, 11) is 0. The Morgan fingerprint density at radius 1 is 1.50 bits per heavy atom. The van der Waals surface area contributed by atoms with Crippen LogP contribution in [0.2, 0.25) is 0 Å². The molecule has 1 aromatic heterocycles. The van der Waals surface area contributed by atoms with E-state index in [-0.39, 0.29) is 10.6 Å². The maximum Gasteiger partial charge on any atom is 0.269 e. The van der Waals surface area contributed by atoms with E-state index >= 15 is 0 Å². The highest BCUT2D eigenvalue weighted by Gasteiger charge is 2.06. The molecule has 1 aromatic carbocycles. The molecule has 0 saturated carbocycles. The van der Waals surface area contributed by atoms with Crippen molar-refractivity contribution in [3.63, 3.8) is 0 Å². The number of nitrogens with one attached hydrogen (secondary N) is 1. The van der Waals surface area contributed by atoms with Crippen LogP contribution in [0, 0.1) is 10.1 Å². The van der Waals surface area contributed by atoms with Gasteiger partial charge < -0.3 is 4.98 Å². The average Bonchev–Trinajstić information content (AvgIpc) is 2.79. The molecule has 5 nitrogen and oxygen atoms in total. The number of nitro benzene ring substituents is 1. The number of aromatic amines is 1. The maximum absolute atomic E-state index is 10.6. The largest absolute Gasteiger partial charge is 0.340 e. The Morgan fingerprint density at radius 2 is 2.38 bits per heavy atom. The third-order valence-electron chi connectivity index (χ3n) is 1.97. The lowest BCUT2D eigenvalue weighted by Crippen LogP contribution is -1.89. The molecule has 0 spiro atoms. The Labute approximate surface area is 96.1 Å². The summed E-state index contributed by atoms with van der Waals surface area (Å²) >= 11 is 1.51. The predicted octanol–water partition coefficient (Wildman–Crippen LogP) is 2.61. The van der Waals surface area contributed by atoms with Crippen molar-refractivity contribution in [2.75, 3.05) is 0 Å². The van der Waals surface area contributed by atoms with Crippen LogP contribution in [0.5, 0.6) is 0 Å². The second kappa shape index (κ2) is 4.80. The van der Waals surface area contributed by atoms with E-state index in [9.17, 15) is 10.1 Å². The van der Waals surface area contributed by atoms with Gasteiger partial charge in [-0.15, -0.1) is 0 Å². The van der Waals surface area contributed by atoms with Crippen molar-refractivity contribution < 1.29 is 4.92 Å². The number of nitro groups is 1. The molecule has 0 fully saturated rings. The van der Waals surface area contributed by atoms with E-state index in [4.69, 9.17) is 0 Å². The number of hydrogen-bond donors (Lipinski definition) is 1. The van der Waals surface area contributed by atoms with Gasteiger partial charge in [-0.1, -0.05) is 23.9 Å². The highest BCUT2D eigenvalue weighted by molar-refractivity contribution is 7.98. The minimum atomic E-state index is -0.388. The molecule has 0 radical (unpaired) electrons. The fraction of sp³-hybridized carbons (Fsp3) is 0.100. The molecule has 0 atom stereocenters. The predicted molar refractivity (Wildman–Crippen MR) is 61.2 cm³/mol. The lowest BCUT2D eigenvalue weighted by molar-refractivity contribution is -0.384. The lowest BCUT2D eigenvalue weighted by atomic mass is 10.2. The highest BCUT2D eigenvalue weighted by Crippen LogP contribution is 2.21. The van der Waals surface area contributed by atoms with Crippen LogP contribution >= 0.6 is 11.8 Å². The first-order valence-corrected chi connectivity index (χ1v) is 5.60. The first-order chi connectivity index (χ1) is 7.75. The molecule has 0 saturated heterocycles. The van der Waals surface area contributed by atoms with E-state index in [2.05, 4.69) is 9.97 Å². The van der Waals surface area contributed by atoms with Crippen LogP contribution < -0.4 is 0 Å². The number of nitrogens with zero attached hydrogens (tertiary/aromatic N) is 2. The molecule has 0 aliphatic carbocycles. The number of aromatic nitrogens is 2. The number of imidazole rings is 1. The summed E-state index contributed by atoms with van der Waals surface area (Å²) < 4.78 is 0. The number of rotatable bonds is 4. The van der Waals surface area contributed by atoms with Crippen molar-refractivity contribution in [2.24, 2.45) is 0 Å². The lowest BCUT2D eigenvalue weighted by Gasteiger charge is -1.99. The number of thioether (sulfide) groups is 1. The van der Waals surface area contributed by atoms with Gasteiger partial charge in [-0.05, 0) is 5.56 Å². The normalized spacial score (nSPS) is 10.2. The zero-order chi connectivity index (χ0) is 11.4. The molecule has 6 heteroatoms. The third kappa shape index (κ3) is 2.60. The molecule has 0 unspecified atom stereocenters. The van der Waals surface area contributed by atoms with Crippen LogP contribution in [0.25, 0.3) is 0 Å². The Balaban J connectivity index is 2.04. The van der Waals surface area contributed by atoms with Gasteiger partial charge in [0.2, 0.25) is 0 Å². The van der Waals surface area contributed by atoms with Crippen molar-refractivity contribution >= 4 is 17.4 Å². The van der Waals surface area contributed by atoms with Crippen LogP contribution in [0.1, 0.15) is 5.56 Å². The number of hydrogen-bond acceptors (Lipinski definition) is 4. The topological polar surface area (TPSA) is 71.8 Å². The number of H-pyrrole nitrogens is 1. The molecule has 0 amide bonds. The van der Waals surface area contributed by atoms with Gasteiger partial charge in [-0.2, -0.15) is 0 Å². The molecule has 2 aromatic rings. The van der Waals surface area contributed by atoms with E-state index in [1.54, 1.807) is 24.5 Å². The summed E-state index contributed by atoms with van der Waals surface area (Å²) in [6, 6.07) is 6.62. The monoisotopic (exact) mass is 235 g/mol. The van der Waals surface area contributed by atoms with E-state index in [1.807, 2.05) is 6.07 Å². The minimum absolute atomic E-state index is 0.123. The van der Waals surface area contributed by atoms with Gasteiger partial charge in [0, 0.05) is 30.3 Å². The Hall–Kier alpha value is -1.82. The molecule has 0 bridgehead atoms. The zero-order valence-corrected chi connectivity index (χ0v) is 9.11. The summed E-state index contributed by atoms with van der Waals surface area (Å²) in [6.07, 6.45) is 3.42. The standard InChI is InChI=1S/C10H9N3O2S/c14-13(15)9-3-1-2-8(6-9)7-16-10-11-4-5-12-10/h1-6H,7H2,(H,11,12). The van der Waals surface area contributed by atoms with Crippen LogP contribution in [0.4, 0.5) is 5.69 Å². The van der Waals surface area contributed by atoms with Crippen molar-refractivity contribution in [1.29, 1.82) is 0 Å². The molecule has 16 heavy (non-hydrogen) atoms. The van der Waals surface area contributed by atoms with Crippen molar-refractivity contribution in [2.45, 2.75) is 10.9 Å². The molecule has 1 heterocycles. The second-order valence-corrected chi connectivity index (χ2v) is 4.07. The van der Waals surface area contributed by atoms with E-state index in [1.165, 1.54) is 17.8 Å². The van der Waals surface area contributed by atoms with Crippen molar-refractivity contribution in [3.05, 3.63) is 52.3 Å². The summed E-state index contributed by atoms with van der Waals surface area (Å²) in [5.74, 6) is 0.662. The molecular weight excluding hydrogens is 226 g/mol. The average molecular weight is 235 g/mol. The van der Waals surface area contributed by atoms with Gasteiger partial charge >= 0.3 is 0 Å². The SMILES string of the molecule is O=[N+]([O-])c1cccc(CSc2ncc[nH]2)c1. The van der Waals surface area contributed by atoms with E-state index in [0.717, 1.165) is 10.7 Å². The summed E-state index contributed by atoms with van der Waals surface area (Å²) in [4.78, 5) is 17.2. The number of non-ortho nitro benzene ring substituents is 1. The third-order valence-corrected chi connectivity index (χ3v) is 2.94. The first-order valence-electron chi connectivity index (χ1n) is 4.61. The van der Waals surface area contributed by atoms with Crippen LogP contribution in [0.3, 0.4) is 0 Å². The molecule has 2 rings (SSSR count). The highest BCUT2D eigenvalue weighted by atomic mass is 32.2. The van der Waals surface area contributed by atoms with Gasteiger partial charge in [-0.3, -0.25) is 10.1 Å². The van der Waals surface area contributed by atoms with Gasteiger partial charge in [-0.25, -0.2) is 4.98 Å². The van der Waals surface area contributed by atoms with Gasteiger partial charge in [0.25, 0.3) is 5.69 Å². The van der Waals surface area contributed by atoms with Crippen LogP contribution in [0.15, 0.2) is 41.8 Å². The van der Waals surface area contributed by atoms with Gasteiger partial charge in [0.05, 0.1) is 4.92 Å². The molecular formula is C10H9N3O2S. The molecule has 82 valence electrons. The van der Waals surface area contributed by atoms with Crippen molar-refractivity contribution in [1.82, 2.24) is 9.97 Å². The fourth-order valence-corrected chi connectivity index (χ4v) is 2.01. The zero-order valence-electron chi connectivity index (χ0n) is 8.29. The Kier molecular flexibility index (Phi) is 3.21. The van der Waals surface area contributed by atoms with Crippen LogP contribution in [-0.4, -0.2) is 14.9 Å². The molecule has 0 aliphatic heterocycles. The Morgan fingerprint density at radius 3 is 3.06 bits per heavy atom. The maximum atomic E-state index is 10.6. The smallest absolute Gasteiger partial charge is 0.269 e. The van der Waals surface area contributed by atoms with Crippen molar-refractivity contribution in [3.8, 4) is 0 Å². The van der Waals surface area contributed by atoms with E-state index < -0.39 is 0 Å². The van der Waals surface area contributed by atoms with E-state index in [0.29, 0.717) is 5.75 Å². The summed E-state index contributed by atoms with van der Waals surface area (Å²) in [6.45, 7) is 0. The molecule has 1 N–H and O–H groups in total. The molecule has 0 aliphatic rings. The summed E-state index contributed by atoms with van der Waals surface area (Å²) in [5.41, 5.74) is 1.04. The fourth-order valence-electron chi connectivity index (χ4n) is 1.24. The van der Waals surface area contributed by atoms with Gasteiger partial charge in [0.1, 0.15) is 0 Å². The minimum Gasteiger partial charge on any atom is -0.340 e. The van der Waals surface area contributed by atoms with Crippen LogP contribution in [-0.2, 0) is 5.75 Å². The quantitative estimate of drug-likeness (QED) is 0.502. The van der Waals surface area contributed by atoms with Gasteiger partial charge in [0.15, 0.2) is 5.16 Å². The Bertz CT molecular complexity index is 485. The summed E-state index contributed by atoms with van der Waals surface area (Å²) in [5, 5.41) is 11.4. The number of benzene rings is 1.